The summed E-state index contributed by atoms with van der Waals surface area (Å²) >= 11 is 0. The van der Waals surface area contributed by atoms with Crippen LogP contribution in [-0.2, 0) is 6.42 Å². The van der Waals surface area contributed by atoms with Crippen molar-refractivity contribution in [3.8, 4) is 0 Å². The number of Topliss-reactive ketones (excluding diaryl/α,β-unsaturated/α-hetero) is 1. The topological polar surface area (TPSA) is 62.6 Å². The van der Waals surface area contributed by atoms with Gasteiger partial charge in [0.1, 0.15) is 5.58 Å². The van der Waals surface area contributed by atoms with Gasteiger partial charge in [-0.2, -0.15) is 13.2 Å². The molecule has 4 rings (SSSR count). The Balaban J connectivity index is 1.59. The SMILES string of the molecule is Cc1cc(CCNc2ccccc2C(=O)C(F)(F)F)c2oc(N3CCC(C)(C)CC3)cc(=O)c2c1. The first-order valence-electron chi connectivity index (χ1n) is 11.7. The van der Waals surface area contributed by atoms with Gasteiger partial charge < -0.3 is 14.6 Å². The lowest BCUT2D eigenvalue weighted by Gasteiger charge is -2.37. The van der Waals surface area contributed by atoms with E-state index in [1.165, 1.54) is 12.1 Å². The number of ketones is 1. The third kappa shape index (κ3) is 5.52. The first kappa shape index (κ1) is 24.8. The summed E-state index contributed by atoms with van der Waals surface area (Å²) in [7, 11) is 0. The van der Waals surface area contributed by atoms with Crippen LogP contribution < -0.4 is 15.6 Å². The highest BCUT2D eigenvalue weighted by Gasteiger charge is 2.40. The lowest BCUT2D eigenvalue weighted by molar-refractivity contribution is -0.0884. The van der Waals surface area contributed by atoms with Crippen LogP contribution >= 0.6 is 0 Å². The minimum absolute atomic E-state index is 0.116. The van der Waals surface area contributed by atoms with Crippen molar-refractivity contribution in [2.45, 2.75) is 46.2 Å². The number of carbonyl (C=O) groups excluding carboxylic acids is 1. The number of nitrogens with one attached hydrogen (secondary N) is 1. The van der Waals surface area contributed by atoms with E-state index in [1.54, 1.807) is 18.2 Å². The van der Waals surface area contributed by atoms with E-state index in [0.717, 1.165) is 43.1 Å². The van der Waals surface area contributed by atoms with Gasteiger partial charge >= 0.3 is 6.18 Å². The number of alkyl halides is 3. The molecule has 1 aromatic heterocycles. The highest BCUT2D eigenvalue weighted by atomic mass is 19.4. The van der Waals surface area contributed by atoms with E-state index < -0.39 is 17.5 Å². The summed E-state index contributed by atoms with van der Waals surface area (Å²) < 4.78 is 45.1. The Morgan fingerprint density at radius 3 is 2.49 bits per heavy atom. The number of para-hydroxylation sites is 1. The van der Waals surface area contributed by atoms with Gasteiger partial charge in [0.05, 0.1) is 10.9 Å². The van der Waals surface area contributed by atoms with Gasteiger partial charge in [-0.1, -0.05) is 32.0 Å². The largest absolute Gasteiger partial charge is 0.454 e. The Kier molecular flexibility index (Phi) is 6.66. The van der Waals surface area contributed by atoms with E-state index in [-0.39, 0.29) is 23.1 Å². The van der Waals surface area contributed by atoms with Crippen LogP contribution in [0.5, 0.6) is 0 Å². The molecule has 0 aliphatic carbocycles. The Bertz CT molecular complexity index is 1300. The number of anilines is 2. The van der Waals surface area contributed by atoms with Crippen LogP contribution in [-0.4, -0.2) is 31.6 Å². The number of carbonyl (C=O) groups is 1. The number of piperidine rings is 1. The highest BCUT2D eigenvalue weighted by molar-refractivity contribution is 6.04. The van der Waals surface area contributed by atoms with E-state index in [2.05, 4.69) is 24.1 Å². The Hall–Kier alpha value is -3.29. The second-order valence-electron chi connectivity index (χ2n) is 9.95. The van der Waals surface area contributed by atoms with Gasteiger partial charge in [0, 0.05) is 31.4 Å². The second kappa shape index (κ2) is 9.40. The molecule has 8 heteroatoms. The second-order valence-corrected chi connectivity index (χ2v) is 9.95. The van der Waals surface area contributed by atoms with Gasteiger partial charge in [0.25, 0.3) is 5.78 Å². The minimum atomic E-state index is -4.95. The molecule has 0 saturated carbocycles. The van der Waals surface area contributed by atoms with Crippen LogP contribution in [0.25, 0.3) is 11.0 Å². The van der Waals surface area contributed by atoms with Crippen molar-refractivity contribution < 1.29 is 22.4 Å². The zero-order chi connectivity index (χ0) is 25.4. The molecule has 1 N–H and O–H groups in total. The van der Waals surface area contributed by atoms with Crippen LogP contribution in [0.1, 0.15) is 48.2 Å². The summed E-state index contributed by atoms with van der Waals surface area (Å²) in [6, 6.07) is 10.8. The maximum Gasteiger partial charge on any atom is 0.454 e. The number of hydrogen-bond donors (Lipinski definition) is 1. The molecule has 2 aromatic carbocycles. The number of fused-ring (bicyclic) bond motifs is 1. The molecule has 0 unspecified atom stereocenters. The van der Waals surface area contributed by atoms with Crippen LogP contribution in [0.2, 0.25) is 0 Å². The van der Waals surface area contributed by atoms with Crippen molar-refractivity contribution in [3.63, 3.8) is 0 Å². The molecule has 3 aromatic rings. The standard InChI is InChI=1S/C27H29F3N2O3/c1-17-14-18(8-11-31-21-7-5-4-6-19(21)25(34)27(28,29)30)24-20(15-17)22(33)16-23(35-24)32-12-9-26(2,3)10-13-32/h4-7,14-16,31H,8-13H2,1-3H3. The van der Waals surface area contributed by atoms with Crippen molar-refractivity contribution in [1.29, 1.82) is 0 Å². The molecule has 1 aliphatic heterocycles. The van der Waals surface area contributed by atoms with Crippen LogP contribution in [0.15, 0.2) is 51.7 Å². The molecule has 0 radical (unpaired) electrons. The predicted molar refractivity (Wildman–Crippen MR) is 131 cm³/mol. The molecule has 0 amide bonds. The summed E-state index contributed by atoms with van der Waals surface area (Å²) in [5.41, 5.74) is 1.99. The summed E-state index contributed by atoms with van der Waals surface area (Å²) in [5, 5.41) is 3.43. The number of nitrogens with zero attached hydrogens (tertiary/aromatic N) is 1. The first-order valence-corrected chi connectivity index (χ1v) is 11.7. The third-order valence-electron chi connectivity index (χ3n) is 6.60. The number of aryl methyl sites for hydroxylation is 1. The van der Waals surface area contributed by atoms with Gasteiger partial charge in [-0.05, 0) is 60.9 Å². The highest BCUT2D eigenvalue weighted by Crippen LogP contribution is 2.33. The van der Waals surface area contributed by atoms with Crippen molar-refractivity contribution in [3.05, 3.63) is 69.4 Å². The molecule has 186 valence electrons. The maximum atomic E-state index is 13.0. The monoisotopic (exact) mass is 486 g/mol. The van der Waals surface area contributed by atoms with Crippen LogP contribution in [0, 0.1) is 12.3 Å². The number of hydrogen-bond acceptors (Lipinski definition) is 5. The van der Waals surface area contributed by atoms with E-state index in [1.807, 2.05) is 13.0 Å². The quantitative estimate of drug-likeness (QED) is 0.425. The summed E-state index contributed by atoms with van der Waals surface area (Å²) in [6.07, 6.45) is -2.56. The normalized spacial score (nSPS) is 15.9. The van der Waals surface area contributed by atoms with Crippen molar-refractivity contribution >= 4 is 28.3 Å². The Morgan fingerprint density at radius 1 is 1.11 bits per heavy atom. The van der Waals surface area contributed by atoms with E-state index in [9.17, 15) is 22.8 Å². The molecule has 0 spiro atoms. The van der Waals surface area contributed by atoms with Gasteiger partial charge in [-0.3, -0.25) is 9.59 Å². The molecule has 2 heterocycles. The van der Waals surface area contributed by atoms with Gasteiger partial charge in [-0.15, -0.1) is 0 Å². The zero-order valence-corrected chi connectivity index (χ0v) is 20.1. The number of halogens is 3. The zero-order valence-electron chi connectivity index (χ0n) is 20.1. The molecule has 1 aliphatic rings. The average Bonchev–Trinajstić information content (AvgIpc) is 2.79. The Morgan fingerprint density at radius 2 is 1.80 bits per heavy atom. The lowest BCUT2D eigenvalue weighted by Crippen LogP contribution is -2.37. The molecule has 1 saturated heterocycles. The lowest BCUT2D eigenvalue weighted by atomic mass is 9.83. The van der Waals surface area contributed by atoms with Crippen molar-refractivity contribution in [2.24, 2.45) is 5.41 Å². The van der Waals surface area contributed by atoms with E-state index in [0.29, 0.717) is 23.3 Å². The summed E-state index contributed by atoms with van der Waals surface area (Å²) in [5.74, 6) is -1.35. The summed E-state index contributed by atoms with van der Waals surface area (Å²) in [6.45, 7) is 8.20. The minimum Gasteiger partial charge on any atom is -0.440 e. The van der Waals surface area contributed by atoms with E-state index >= 15 is 0 Å². The molecular weight excluding hydrogens is 457 g/mol. The maximum absolute atomic E-state index is 13.0. The molecule has 0 bridgehead atoms. The number of rotatable bonds is 6. The van der Waals surface area contributed by atoms with Gasteiger partial charge in [0.15, 0.2) is 11.3 Å². The first-order chi connectivity index (χ1) is 16.4. The van der Waals surface area contributed by atoms with Gasteiger partial charge in [0.2, 0.25) is 0 Å². The average molecular weight is 487 g/mol. The molecule has 5 nitrogen and oxygen atoms in total. The fourth-order valence-corrected chi connectivity index (χ4v) is 4.47. The smallest absolute Gasteiger partial charge is 0.440 e. The third-order valence-corrected chi connectivity index (χ3v) is 6.60. The van der Waals surface area contributed by atoms with Crippen molar-refractivity contribution in [2.75, 3.05) is 29.9 Å². The molecule has 1 fully saturated rings. The Labute approximate surface area is 201 Å². The number of benzene rings is 2. The van der Waals surface area contributed by atoms with Crippen molar-refractivity contribution in [1.82, 2.24) is 0 Å². The molecule has 35 heavy (non-hydrogen) atoms. The van der Waals surface area contributed by atoms with Crippen LogP contribution in [0.4, 0.5) is 24.7 Å². The van der Waals surface area contributed by atoms with Crippen LogP contribution in [0.3, 0.4) is 0 Å². The molecule has 0 atom stereocenters. The van der Waals surface area contributed by atoms with E-state index in [4.69, 9.17) is 4.42 Å². The fraction of sp³-hybridized carbons (Fsp3) is 0.407. The molecular formula is C27H29F3N2O3. The fourth-order valence-electron chi connectivity index (χ4n) is 4.47. The summed E-state index contributed by atoms with van der Waals surface area (Å²) in [4.78, 5) is 26.8. The van der Waals surface area contributed by atoms with Gasteiger partial charge in [-0.25, -0.2) is 0 Å². The predicted octanol–water partition coefficient (Wildman–Crippen LogP) is 6.13.